The van der Waals surface area contributed by atoms with Crippen LogP contribution in [0.15, 0.2) is 48.1 Å². The molecule has 1 aliphatic carbocycles. The molecule has 0 aliphatic heterocycles. The molecule has 31 heavy (non-hydrogen) atoms. The minimum atomic E-state index is -0.706. The van der Waals surface area contributed by atoms with Gasteiger partial charge < -0.3 is 29.6 Å². The van der Waals surface area contributed by atoms with E-state index in [0.717, 1.165) is 19.3 Å². The molecule has 0 aromatic heterocycles. The molecule has 1 unspecified atom stereocenters. The fraction of sp³-hybridized carbons (Fsp3) is 0.519. The zero-order chi connectivity index (χ0) is 24.6. The summed E-state index contributed by atoms with van der Waals surface area (Å²) in [5.74, 6) is 1.54. The number of carboxylic acid groups (broad SMARTS) is 1. The summed E-state index contributed by atoms with van der Waals surface area (Å²) in [6, 6.07) is 0. The van der Waals surface area contributed by atoms with Crippen molar-refractivity contribution in [2.75, 3.05) is 0 Å². The SMILES string of the molecule is C#CCC.C/C=C/C=C/CC.CCC(C)C(=O)O.CCC1=CC=CC1.C[C-]=S.[CH2-]C.[W+2]. The molecule has 1 atom stereocenters. The van der Waals surface area contributed by atoms with Crippen LogP contribution in [0.2, 0.25) is 0 Å². The Labute approximate surface area is 214 Å². The Morgan fingerprint density at radius 1 is 1.32 bits per heavy atom. The van der Waals surface area contributed by atoms with Gasteiger partial charge in [-0.25, -0.2) is 0 Å². The molecule has 0 aromatic rings. The van der Waals surface area contributed by atoms with Crippen molar-refractivity contribution < 1.29 is 31.0 Å². The number of aliphatic carboxylic acids is 1. The standard InChI is InChI=1S/C7H10.C7H12.C5H10O2.C4H6.C2H3S.C2H5.W/c1-2-7-5-3-4-6-7;1-3-5-7-6-4-2;1-3-4(2)5(6)7;1-3-4-2;1-2-3;1-2;/h3-5H,2,6H2,1H3;3,5-7H,4H2,1-2H3;4H,3H2,1-2H3,(H,6,7);1H,4H2,2H3;1H3;1H2,2H3;/q;;;;2*-1;+2/b;5-3+,7-6+;;;;;. The van der Waals surface area contributed by atoms with E-state index in [2.05, 4.69) is 74.7 Å². The minimum Gasteiger partial charge on any atom is -0.481 e. The van der Waals surface area contributed by atoms with Gasteiger partial charge in [0.15, 0.2) is 0 Å². The quantitative estimate of drug-likeness (QED) is 0.145. The molecule has 1 N–H and O–H groups in total. The fourth-order valence-corrected chi connectivity index (χ4v) is 1.25. The number of rotatable bonds is 5. The van der Waals surface area contributed by atoms with Crippen molar-refractivity contribution in [2.24, 2.45) is 5.92 Å². The van der Waals surface area contributed by atoms with Crippen LogP contribution in [-0.4, -0.2) is 16.4 Å². The molecule has 0 amide bonds. The minimum absolute atomic E-state index is 0. The number of allylic oxidation sites excluding steroid dienone is 8. The molecule has 1 rings (SSSR count). The molecule has 178 valence electrons. The first-order valence-electron chi connectivity index (χ1n) is 10.6. The van der Waals surface area contributed by atoms with Gasteiger partial charge in [0.25, 0.3) is 0 Å². The average molecular weight is 619 g/mol. The van der Waals surface area contributed by atoms with E-state index in [4.69, 9.17) is 11.5 Å². The number of hydrogen-bond acceptors (Lipinski definition) is 2. The number of carbonyl (C=O) groups is 1. The van der Waals surface area contributed by atoms with Crippen molar-refractivity contribution in [3.63, 3.8) is 0 Å². The molecule has 0 spiro atoms. The van der Waals surface area contributed by atoms with Crippen molar-refractivity contribution in [2.45, 2.75) is 87.5 Å². The van der Waals surface area contributed by atoms with Crippen LogP contribution < -0.4 is 0 Å². The Kier molecular flexibility index (Phi) is 65.9. The Hall–Kier alpha value is -1.23. The van der Waals surface area contributed by atoms with E-state index in [1.165, 1.54) is 12.8 Å². The molecule has 2 nitrogen and oxygen atoms in total. The van der Waals surface area contributed by atoms with Crippen molar-refractivity contribution in [3.05, 3.63) is 55.0 Å². The molecule has 0 fully saturated rings. The number of thiocarbonyl (C=S) groups is 1. The molecule has 0 saturated heterocycles. The van der Waals surface area contributed by atoms with Crippen molar-refractivity contribution in [1.29, 1.82) is 0 Å². The van der Waals surface area contributed by atoms with Crippen LogP contribution in [0.5, 0.6) is 0 Å². The van der Waals surface area contributed by atoms with E-state index < -0.39 is 5.97 Å². The smallest absolute Gasteiger partial charge is 0.481 e. The first kappa shape index (κ1) is 43.6. The van der Waals surface area contributed by atoms with E-state index in [-0.39, 0.29) is 27.0 Å². The normalized spacial score (nSPS) is 10.9. The van der Waals surface area contributed by atoms with Gasteiger partial charge in [0, 0.05) is 6.42 Å². The van der Waals surface area contributed by atoms with Crippen molar-refractivity contribution in [1.82, 2.24) is 0 Å². The van der Waals surface area contributed by atoms with Crippen LogP contribution in [0.25, 0.3) is 0 Å². The van der Waals surface area contributed by atoms with E-state index in [1.807, 2.05) is 32.9 Å². The second-order valence-electron chi connectivity index (χ2n) is 5.58. The van der Waals surface area contributed by atoms with Crippen LogP contribution in [0.4, 0.5) is 0 Å². The molecule has 4 heteroatoms. The molecule has 0 aromatic carbocycles. The summed E-state index contributed by atoms with van der Waals surface area (Å²) >= 11 is 4.14. The van der Waals surface area contributed by atoms with Crippen LogP contribution in [0.3, 0.4) is 0 Å². The van der Waals surface area contributed by atoms with Crippen LogP contribution >= 0.6 is 12.2 Å². The van der Waals surface area contributed by atoms with Gasteiger partial charge in [-0.2, -0.15) is 13.8 Å². The summed E-state index contributed by atoms with van der Waals surface area (Å²) < 4.78 is 0. The topological polar surface area (TPSA) is 37.3 Å². The van der Waals surface area contributed by atoms with Gasteiger partial charge in [0.05, 0.1) is 5.92 Å². The van der Waals surface area contributed by atoms with Gasteiger partial charge in [-0.15, -0.1) is 12.3 Å². The maximum atomic E-state index is 9.93. The largest absolute Gasteiger partial charge is 2.00 e. The monoisotopic (exact) mass is 618 g/mol. The molecule has 0 saturated carbocycles. The predicted octanol–water partition coefficient (Wildman–Crippen LogP) is 8.68. The first-order chi connectivity index (χ1) is 14.4. The third-order valence-electron chi connectivity index (χ3n) is 3.22. The third-order valence-corrected chi connectivity index (χ3v) is 3.22. The second kappa shape index (κ2) is 46.8. The average Bonchev–Trinajstić information content (AvgIpc) is 3.30. The van der Waals surface area contributed by atoms with Gasteiger partial charge in [-0.1, -0.05) is 82.7 Å². The zero-order valence-electron chi connectivity index (χ0n) is 21.1. The third kappa shape index (κ3) is 58.5. The molecule has 1 aliphatic rings. The number of terminal acetylenes is 1. The summed E-state index contributed by atoms with van der Waals surface area (Å²) in [6.07, 6.45) is 24.6. The van der Waals surface area contributed by atoms with Crippen molar-refractivity contribution >= 4 is 23.6 Å². The van der Waals surface area contributed by atoms with Gasteiger partial charge in [0.1, 0.15) is 0 Å². The molecule has 0 radical (unpaired) electrons. The Morgan fingerprint density at radius 3 is 1.97 bits per heavy atom. The van der Waals surface area contributed by atoms with Crippen LogP contribution in [-0.2, 0) is 25.9 Å². The summed E-state index contributed by atoms with van der Waals surface area (Å²) in [5, 5.41) is 10.5. The van der Waals surface area contributed by atoms with E-state index in [9.17, 15) is 4.79 Å². The fourth-order valence-electron chi connectivity index (χ4n) is 1.25. The number of hydrogen-bond donors (Lipinski definition) is 1. The van der Waals surface area contributed by atoms with Crippen LogP contribution in [0.1, 0.15) is 87.5 Å². The first-order valence-corrected chi connectivity index (χ1v) is 11.0. The molecule has 0 bridgehead atoms. The van der Waals surface area contributed by atoms with E-state index in [0.29, 0.717) is 0 Å². The summed E-state index contributed by atoms with van der Waals surface area (Å²) in [6.45, 7) is 18.5. The van der Waals surface area contributed by atoms with Gasteiger partial charge in [-0.05, 0) is 32.6 Å². The number of carboxylic acids is 1. The Balaban J connectivity index is -0.0000000630. The zero-order valence-corrected chi connectivity index (χ0v) is 24.9. The van der Waals surface area contributed by atoms with Crippen LogP contribution in [0, 0.1) is 25.2 Å². The van der Waals surface area contributed by atoms with Gasteiger partial charge in [0.2, 0.25) is 0 Å². The maximum absolute atomic E-state index is 9.93. The molecule has 0 heterocycles. The second-order valence-corrected chi connectivity index (χ2v) is 5.99. The summed E-state index contributed by atoms with van der Waals surface area (Å²) in [7, 11) is 0. The van der Waals surface area contributed by atoms with E-state index in [1.54, 1.807) is 26.3 Å². The van der Waals surface area contributed by atoms with Crippen molar-refractivity contribution in [3.8, 4) is 12.3 Å². The Morgan fingerprint density at radius 2 is 1.81 bits per heavy atom. The molecular formula is C27H46O2SW. The summed E-state index contributed by atoms with van der Waals surface area (Å²) in [5.41, 5.74) is 1.56. The van der Waals surface area contributed by atoms with E-state index >= 15 is 0 Å². The van der Waals surface area contributed by atoms with Gasteiger partial charge >= 0.3 is 27.0 Å². The summed E-state index contributed by atoms with van der Waals surface area (Å²) in [4.78, 5) is 9.93. The molecular weight excluding hydrogens is 572 g/mol. The Bertz CT molecular complexity index is 496. The maximum Gasteiger partial charge on any atom is 2.00 e. The van der Waals surface area contributed by atoms with Gasteiger partial charge in [-0.3, -0.25) is 4.79 Å². The predicted molar refractivity (Wildman–Crippen MR) is 142 cm³/mol.